The van der Waals surface area contributed by atoms with Crippen molar-refractivity contribution >= 4 is 26.7 Å². The van der Waals surface area contributed by atoms with Crippen LogP contribution >= 0.6 is 0 Å². The second-order valence-electron chi connectivity index (χ2n) is 5.15. The number of halogens is 3. The molecule has 0 amide bonds. The van der Waals surface area contributed by atoms with Gasteiger partial charge in [-0.15, -0.1) is 0 Å². The third-order valence-electron chi connectivity index (χ3n) is 3.32. The second kappa shape index (κ2) is 7.67. The summed E-state index contributed by atoms with van der Waals surface area (Å²) in [7, 11) is -4.13. The molecule has 0 saturated carbocycles. The summed E-state index contributed by atoms with van der Waals surface area (Å²) in [6.07, 6.45) is -4.78. The zero-order valence-corrected chi connectivity index (χ0v) is 14.0. The van der Waals surface area contributed by atoms with Gasteiger partial charge in [0.05, 0.1) is 0 Å². The first-order valence-corrected chi connectivity index (χ1v) is 8.66. The molecule has 3 aromatic carbocycles. The fourth-order valence-electron chi connectivity index (χ4n) is 2.17. The van der Waals surface area contributed by atoms with E-state index >= 15 is 0 Å². The van der Waals surface area contributed by atoms with Crippen molar-refractivity contribution in [3.05, 3.63) is 78.4 Å². The van der Waals surface area contributed by atoms with E-state index in [-0.39, 0.29) is 10.5 Å². The van der Waals surface area contributed by atoms with E-state index in [2.05, 4.69) is 0 Å². The quantitative estimate of drug-likeness (QED) is 0.523. The highest BCUT2D eigenvalue weighted by Gasteiger charge is 2.38. The molecular formula is C18H13F3O4S. The first-order chi connectivity index (χ1) is 12.1. The SMILES string of the molecule is O=C(c1ccccc1)C(F)(F)F.O=S(=O)(O)c1cccc2ccccc12. The van der Waals surface area contributed by atoms with Crippen molar-refractivity contribution in [2.24, 2.45) is 0 Å². The lowest BCUT2D eigenvalue weighted by molar-refractivity contribution is -0.0885. The Labute approximate surface area is 147 Å². The Morgan fingerprint density at radius 2 is 1.35 bits per heavy atom. The van der Waals surface area contributed by atoms with E-state index in [1.165, 1.54) is 18.2 Å². The average molecular weight is 382 g/mol. The van der Waals surface area contributed by atoms with Crippen LogP contribution < -0.4 is 0 Å². The summed E-state index contributed by atoms with van der Waals surface area (Å²) in [5.74, 6) is -1.80. The Morgan fingerprint density at radius 1 is 0.808 bits per heavy atom. The smallest absolute Gasteiger partial charge is 0.284 e. The normalized spacial score (nSPS) is 11.5. The molecule has 0 saturated heterocycles. The first kappa shape index (κ1) is 19.6. The topological polar surface area (TPSA) is 71.4 Å². The first-order valence-electron chi connectivity index (χ1n) is 7.22. The molecule has 0 aliphatic carbocycles. The Morgan fingerprint density at radius 3 is 1.92 bits per heavy atom. The molecule has 0 aliphatic heterocycles. The molecule has 0 radical (unpaired) electrons. The van der Waals surface area contributed by atoms with Gasteiger partial charge >= 0.3 is 6.18 Å². The van der Waals surface area contributed by atoms with Crippen LogP contribution in [0.3, 0.4) is 0 Å². The molecule has 0 unspecified atom stereocenters. The molecule has 0 atom stereocenters. The minimum absolute atomic E-state index is 0.0457. The summed E-state index contributed by atoms with van der Waals surface area (Å²) < 4.78 is 66.3. The molecule has 0 aliphatic rings. The highest BCUT2D eigenvalue weighted by molar-refractivity contribution is 7.86. The van der Waals surface area contributed by atoms with Gasteiger partial charge in [-0.25, -0.2) is 0 Å². The molecule has 136 valence electrons. The van der Waals surface area contributed by atoms with Gasteiger partial charge in [-0.1, -0.05) is 66.7 Å². The van der Waals surface area contributed by atoms with Crippen molar-refractivity contribution in [3.63, 3.8) is 0 Å². The molecule has 3 rings (SSSR count). The summed E-state index contributed by atoms with van der Waals surface area (Å²) in [6.45, 7) is 0. The maximum absolute atomic E-state index is 11.8. The molecule has 1 N–H and O–H groups in total. The highest BCUT2D eigenvalue weighted by Crippen LogP contribution is 2.22. The zero-order valence-electron chi connectivity index (χ0n) is 13.1. The Bertz CT molecular complexity index is 1010. The van der Waals surface area contributed by atoms with Gasteiger partial charge in [-0.05, 0) is 11.5 Å². The Hall–Kier alpha value is -2.71. The van der Waals surface area contributed by atoms with Gasteiger partial charge in [0, 0.05) is 10.9 Å². The lowest BCUT2D eigenvalue weighted by Gasteiger charge is -2.03. The van der Waals surface area contributed by atoms with Gasteiger partial charge in [-0.3, -0.25) is 9.35 Å². The minimum atomic E-state index is -4.78. The summed E-state index contributed by atoms with van der Waals surface area (Å²) in [5.41, 5.74) is -0.329. The van der Waals surface area contributed by atoms with Gasteiger partial charge in [0.2, 0.25) is 0 Å². The molecule has 8 heteroatoms. The Balaban J connectivity index is 0.000000190. The second-order valence-corrected chi connectivity index (χ2v) is 6.54. The van der Waals surface area contributed by atoms with Crippen LogP contribution in [0.1, 0.15) is 10.4 Å². The van der Waals surface area contributed by atoms with Gasteiger partial charge in [0.15, 0.2) is 0 Å². The number of carbonyl (C=O) groups excluding carboxylic acids is 1. The molecule has 0 bridgehead atoms. The van der Waals surface area contributed by atoms with Crippen LogP contribution in [0.2, 0.25) is 0 Å². The highest BCUT2D eigenvalue weighted by atomic mass is 32.2. The summed E-state index contributed by atoms with van der Waals surface area (Å²) >= 11 is 0. The van der Waals surface area contributed by atoms with E-state index in [9.17, 15) is 26.4 Å². The van der Waals surface area contributed by atoms with E-state index in [1.54, 1.807) is 36.4 Å². The zero-order chi connectivity index (χ0) is 19.4. The molecule has 0 fully saturated rings. The fourth-order valence-corrected chi connectivity index (χ4v) is 2.89. The number of fused-ring (bicyclic) bond motifs is 1. The predicted molar refractivity (Wildman–Crippen MR) is 90.6 cm³/mol. The average Bonchev–Trinajstić information content (AvgIpc) is 2.60. The van der Waals surface area contributed by atoms with Crippen molar-refractivity contribution in [3.8, 4) is 0 Å². The van der Waals surface area contributed by atoms with Gasteiger partial charge in [0.1, 0.15) is 4.90 Å². The number of rotatable bonds is 2. The monoisotopic (exact) mass is 382 g/mol. The lowest BCUT2D eigenvalue weighted by Crippen LogP contribution is -2.22. The van der Waals surface area contributed by atoms with E-state index in [0.717, 1.165) is 17.5 Å². The molecule has 0 aromatic heterocycles. The summed E-state index contributed by atoms with van der Waals surface area (Å²) in [6, 6.07) is 18.4. The number of ketones is 1. The van der Waals surface area contributed by atoms with E-state index in [0.29, 0.717) is 5.39 Å². The van der Waals surface area contributed by atoms with E-state index < -0.39 is 22.1 Å². The van der Waals surface area contributed by atoms with Crippen LogP contribution in [-0.4, -0.2) is 24.9 Å². The summed E-state index contributed by atoms with van der Waals surface area (Å²) in [5, 5.41) is 1.33. The minimum Gasteiger partial charge on any atom is -0.284 e. The Kier molecular flexibility index (Phi) is 5.79. The molecule has 26 heavy (non-hydrogen) atoms. The van der Waals surface area contributed by atoms with Crippen molar-refractivity contribution in [1.82, 2.24) is 0 Å². The van der Waals surface area contributed by atoms with Crippen molar-refractivity contribution < 1.29 is 30.9 Å². The number of alkyl halides is 3. The van der Waals surface area contributed by atoms with Crippen LogP contribution in [0.4, 0.5) is 13.2 Å². The maximum atomic E-state index is 11.8. The van der Waals surface area contributed by atoms with Gasteiger partial charge in [-0.2, -0.15) is 21.6 Å². The van der Waals surface area contributed by atoms with Crippen LogP contribution in [-0.2, 0) is 10.1 Å². The largest absolute Gasteiger partial charge is 0.454 e. The van der Waals surface area contributed by atoms with E-state index in [4.69, 9.17) is 4.55 Å². The molecule has 0 spiro atoms. The third-order valence-corrected chi connectivity index (χ3v) is 4.23. The number of carbonyl (C=O) groups is 1. The van der Waals surface area contributed by atoms with Crippen molar-refractivity contribution in [2.75, 3.05) is 0 Å². The molecule has 3 aromatic rings. The van der Waals surface area contributed by atoms with Crippen LogP contribution in [0, 0.1) is 0 Å². The lowest BCUT2D eigenvalue weighted by atomic mass is 10.1. The molecule has 4 nitrogen and oxygen atoms in total. The number of hydrogen-bond donors (Lipinski definition) is 1. The van der Waals surface area contributed by atoms with E-state index in [1.807, 2.05) is 6.07 Å². The maximum Gasteiger partial charge on any atom is 0.454 e. The number of hydrogen-bond acceptors (Lipinski definition) is 3. The third kappa shape index (κ3) is 4.90. The van der Waals surface area contributed by atoms with Crippen molar-refractivity contribution in [1.29, 1.82) is 0 Å². The van der Waals surface area contributed by atoms with Gasteiger partial charge in [0.25, 0.3) is 15.9 Å². The summed E-state index contributed by atoms with van der Waals surface area (Å²) in [4.78, 5) is 10.5. The van der Waals surface area contributed by atoms with Crippen LogP contribution in [0.5, 0.6) is 0 Å². The van der Waals surface area contributed by atoms with Gasteiger partial charge < -0.3 is 0 Å². The van der Waals surface area contributed by atoms with Crippen molar-refractivity contribution in [2.45, 2.75) is 11.1 Å². The van der Waals surface area contributed by atoms with Crippen LogP contribution in [0.15, 0.2) is 77.7 Å². The standard InChI is InChI=1S/C10H8O3S.C8H5F3O/c11-14(12,13)10-7-3-5-8-4-1-2-6-9(8)10;9-8(10,11)7(12)6-4-2-1-3-5-6/h1-7H,(H,11,12,13);1-5H. The fraction of sp³-hybridized carbons (Fsp3) is 0.0556. The molecular weight excluding hydrogens is 369 g/mol. The number of Topliss-reactive ketones (excluding diaryl/α,β-unsaturated/α-hetero) is 1. The number of benzene rings is 3. The van der Waals surface area contributed by atoms with Crippen LogP contribution in [0.25, 0.3) is 10.8 Å². The molecule has 0 heterocycles. The predicted octanol–water partition coefficient (Wildman–Crippen LogP) is 4.52.